The van der Waals surface area contributed by atoms with E-state index in [0.29, 0.717) is 5.82 Å². The fraction of sp³-hybridized carbons (Fsp3) is 0.533. The van der Waals surface area contributed by atoms with Crippen molar-refractivity contribution in [3.05, 3.63) is 23.9 Å². The first kappa shape index (κ1) is 14.5. The first-order chi connectivity index (χ1) is 9.66. The van der Waals surface area contributed by atoms with E-state index in [9.17, 15) is 9.59 Å². The summed E-state index contributed by atoms with van der Waals surface area (Å²) < 4.78 is 0. The van der Waals surface area contributed by atoms with Gasteiger partial charge in [-0.3, -0.25) is 4.79 Å². The van der Waals surface area contributed by atoms with E-state index in [0.717, 1.165) is 25.7 Å². The summed E-state index contributed by atoms with van der Waals surface area (Å²) in [6, 6.07) is 2.80. The van der Waals surface area contributed by atoms with Gasteiger partial charge in [-0.2, -0.15) is 0 Å². The Balaban J connectivity index is 1.99. The highest BCUT2D eigenvalue weighted by Crippen LogP contribution is 2.23. The molecule has 1 aliphatic rings. The van der Waals surface area contributed by atoms with Crippen molar-refractivity contribution in [3.8, 4) is 0 Å². The van der Waals surface area contributed by atoms with Crippen LogP contribution >= 0.6 is 0 Å². The molecule has 0 aromatic carbocycles. The normalized spacial score (nSPS) is 17.0. The smallest absolute Gasteiger partial charge is 0.335 e. The minimum Gasteiger partial charge on any atom is -0.478 e. The molecule has 2 rings (SSSR count). The van der Waals surface area contributed by atoms with E-state index in [1.807, 2.05) is 0 Å². The molecule has 1 aliphatic carbocycles. The zero-order valence-corrected chi connectivity index (χ0v) is 11.5. The van der Waals surface area contributed by atoms with Crippen LogP contribution in [0.15, 0.2) is 18.3 Å². The first-order valence-corrected chi connectivity index (χ1v) is 7.17. The van der Waals surface area contributed by atoms with Crippen molar-refractivity contribution in [2.45, 2.75) is 44.9 Å². The average molecular weight is 276 g/mol. The number of nitrogens with zero attached hydrogens (tertiary/aromatic N) is 1. The summed E-state index contributed by atoms with van der Waals surface area (Å²) in [5.41, 5.74) is 0.132. The summed E-state index contributed by atoms with van der Waals surface area (Å²) >= 11 is 0. The maximum absolute atomic E-state index is 12.2. The minimum absolute atomic E-state index is 0.0191. The van der Waals surface area contributed by atoms with Crippen LogP contribution in [0, 0.1) is 5.92 Å². The lowest BCUT2D eigenvalue weighted by Gasteiger charge is -2.18. The van der Waals surface area contributed by atoms with E-state index in [2.05, 4.69) is 10.3 Å². The number of hydrogen-bond acceptors (Lipinski definition) is 3. The monoisotopic (exact) mass is 276 g/mol. The molecule has 1 heterocycles. The second-order valence-electron chi connectivity index (χ2n) is 5.27. The van der Waals surface area contributed by atoms with Crippen LogP contribution in [-0.4, -0.2) is 22.0 Å². The number of carbonyl (C=O) groups excluding carboxylic acids is 1. The van der Waals surface area contributed by atoms with E-state index in [4.69, 9.17) is 5.11 Å². The number of pyridine rings is 1. The van der Waals surface area contributed by atoms with Gasteiger partial charge in [0.25, 0.3) is 0 Å². The molecule has 5 nitrogen and oxygen atoms in total. The van der Waals surface area contributed by atoms with Crippen molar-refractivity contribution in [1.29, 1.82) is 0 Å². The highest BCUT2D eigenvalue weighted by Gasteiger charge is 2.20. The summed E-state index contributed by atoms with van der Waals surface area (Å²) in [5.74, 6) is -0.724. The van der Waals surface area contributed by atoms with Crippen LogP contribution in [0.4, 0.5) is 5.82 Å². The Morgan fingerprint density at radius 3 is 2.45 bits per heavy atom. The molecule has 20 heavy (non-hydrogen) atoms. The second-order valence-corrected chi connectivity index (χ2v) is 5.27. The standard InChI is InChI=1S/C15H20N2O3/c18-14(11-6-4-2-1-3-5-7-11)17-13-10-12(15(19)20)8-9-16-13/h8-11H,1-7H2,(H,19,20)(H,16,17,18). The molecule has 5 heteroatoms. The third-order valence-corrected chi connectivity index (χ3v) is 3.73. The lowest BCUT2D eigenvalue weighted by Crippen LogP contribution is -2.24. The Labute approximate surface area is 118 Å². The van der Waals surface area contributed by atoms with Crippen LogP contribution in [0.1, 0.15) is 55.3 Å². The minimum atomic E-state index is -1.02. The van der Waals surface area contributed by atoms with Crippen molar-refractivity contribution in [1.82, 2.24) is 4.98 Å². The number of aromatic carboxylic acids is 1. The maximum Gasteiger partial charge on any atom is 0.335 e. The van der Waals surface area contributed by atoms with Gasteiger partial charge in [-0.25, -0.2) is 9.78 Å². The third kappa shape index (κ3) is 4.05. The maximum atomic E-state index is 12.2. The van der Waals surface area contributed by atoms with E-state index < -0.39 is 5.97 Å². The molecular formula is C15H20N2O3. The Kier molecular flexibility index (Phi) is 5.09. The molecule has 1 amide bonds. The number of carboxylic acids is 1. The van der Waals surface area contributed by atoms with Gasteiger partial charge in [0.05, 0.1) is 5.56 Å². The molecule has 108 valence electrons. The SMILES string of the molecule is O=C(O)c1ccnc(NC(=O)C2CCCCCCC2)c1. The summed E-state index contributed by atoms with van der Waals surface area (Å²) in [6.07, 6.45) is 9.02. The zero-order valence-electron chi connectivity index (χ0n) is 11.5. The fourth-order valence-electron chi connectivity index (χ4n) is 2.58. The van der Waals surface area contributed by atoms with Crippen LogP contribution in [0.25, 0.3) is 0 Å². The molecule has 0 spiro atoms. The van der Waals surface area contributed by atoms with Gasteiger partial charge in [0.2, 0.25) is 5.91 Å². The van der Waals surface area contributed by atoms with Gasteiger partial charge in [0.1, 0.15) is 5.82 Å². The summed E-state index contributed by atoms with van der Waals surface area (Å²) in [5, 5.41) is 11.7. The van der Waals surface area contributed by atoms with Crippen LogP contribution in [0.5, 0.6) is 0 Å². The van der Waals surface area contributed by atoms with Crippen molar-refractivity contribution in [3.63, 3.8) is 0 Å². The lowest BCUT2D eigenvalue weighted by molar-refractivity contribution is -0.120. The number of nitrogens with one attached hydrogen (secondary N) is 1. The number of carbonyl (C=O) groups is 2. The quantitative estimate of drug-likeness (QED) is 0.889. The van der Waals surface area contributed by atoms with Crippen molar-refractivity contribution in [2.24, 2.45) is 5.92 Å². The van der Waals surface area contributed by atoms with Crippen molar-refractivity contribution in [2.75, 3.05) is 5.32 Å². The van der Waals surface area contributed by atoms with Crippen LogP contribution in [0.2, 0.25) is 0 Å². The zero-order chi connectivity index (χ0) is 14.4. The summed E-state index contributed by atoms with van der Waals surface area (Å²) in [6.45, 7) is 0. The summed E-state index contributed by atoms with van der Waals surface area (Å²) in [7, 11) is 0. The molecular weight excluding hydrogens is 256 g/mol. The van der Waals surface area contributed by atoms with Crippen LogP contribution < -0.4 is 5.32 Å². The molecule has 1 fully saturated rings. The predicted molar refractivity (Wildman–Crippen MR) is 75.6 cm³/mol. The van der Waals surface area contributed by atoms with Gasteiger partial charge in [0, 0.05) is 12.1 Å². The predicted octanol–water partition coefficient (Wildman–Crippen LogP) is 3.08. The number of hydrogen-bond donors (Lipinski definition) is 2. The topological polar surface area (TPSA) is 79.3 Å². The molecule has 1 aromatic rings. The van der Waals surface area contributed by atoms with E-state index in [1.165, 1.54) is 37.6 Å². The Morgan fingerprint density at radius 2 is 1.80 bits per heavy atom. The van der Waals surface area contributed by atoms with Crippen molar-refractivity contribution >= 4 is 17.7 Å². The number of aromatic nitrogens is 1. The first-order valence-electron chi connectivity index (χ1n) is 7.17. The number of carboxylic acid groups (broad SMARTS) is 1. The van der Waals surface area contributed by atoms with Crippen molar-refractivity contribution < 1.29 is 14.7 Å². The molecule has 2 N–H and O–H groups in total. The largest absolute Gasteiger partial charge is 0.478 e. The van der Waals surface area contributed by atoms with E-state index >= 15 is 0 Å². The average Bonchev–Trinajstić information content (AvgIpc) is 2.38. The summed E-state index contributed by atoms with van der Waals surface area (Å²) in [4.78, 5) is 27.1. The number of rotatable bonds is 3. The molecule has 0 unspecified atom stereocenters. The second kappa shape index (κ2) is 7.03. The highest BCUT2D eigenvalue weighted by atomic mass is 16.4. The number of anilines is 1. The molecule has 0 saturated heterocycles. The van der Waals surface area contributed by atoms with Gasteiger partial charge in [-0.15, -0.1) is 0 Å². The molecule has 0 bridgehead atoms. The molecule has 0 radical (unpaired) electrons. The van der Waals surface area contributed by atoms with Gasteiger partial charge in [-0.05, 0) is 25.0 Å². The fourth-order valence-corrected chi connectivity index (χ4v) is 2.58. The van der Waals surface area contributed by atoms with Gasteiger partial charge >= 0.3 is 5.97 Å². The molecule has 1 aromatic heterocycles. The molecule has 0 aliphatic heterocycles. The molecule has 0 atom stereocenters. The highest BCUT2D eigenvalue weighted by molar-refractivity contribution is 5.93. The Bertz CT molecular complexity index is 480. The van der Waals surface area contributed by atoms with Gasteiger partial charge in [0.15, 0.2) is 0 Å². The van der Waals surface area contributed by atoms with E-state index in [1.54, 1.807) is 0 Å². The third-order valence-electron chi connectivity index (χ3n) is 3.73. The lowest BCUT2D eigenvalue weighted by atomic mass is 9.90. The Hall–Kier alpha value is -1.91. The number of amides is 1. The van der Waals surface area contributed by atoms with Gasteiger partial charge in [-0.1, -0.05) is 32.1 Å². The van der Waals surface area contributed by atoms with Gasteiger partial charge < -0.3 is 10.4 Å². The van der Waals surface area contributed by atoms with Crippen LogP contribution in [0.3, 0.4) is 0 Å². The van der Waals surface area contributed by atoms with Crippen LogP contribution in [-0.2, 0) is 4.79 Å². The Morgan fingerprint density at radius 1 is 1.15 bits per heavy atom. The molecule has 1 saturated carbocycles. The van der Waals surface area contributed by atoms with E-state index in [-0.39, 0.29) is 17.4 Å².